The summed E-state index contributed by atoms with van der Waals surface area (Å²) in [6.45, 7) is 12.5. The van der Waals surface area contributed by atoms with E-state index in [2.05, 4.69) is 37.9 Å². The predicted molar refractivity (Wildman–Crippen MR) is 67.6 cm³/mol. The predicted octanol–water partition coefficient (Wildman–Crippen LogP) is 1.67. The molecule has 0 bridgehead atoms. The molecule has 1 saturated heterocycles. The quantitative estimate of drug-likeness (QED) is 0.748. The van der Waals surface area contributed by atoms with Gasteiger partial charge in [-0.2, -0.15) is 0 Å². The zero-order chi connectivity index (χ0) is 12.3. The molecule has 1 N–H and O–H groups in total. The maximum atomic E-state index is 11.6. The lowest BCUT2D eigenvalue weighted by Gasteiger charge is -2.45. The van der Waals surface area contributed by atoms with Gasteiger partial charge >= 0.3 is 0 Å². The molecule has 0 spiro atoms. The van der Waals surface area contributed by atoms with Gasteiger partial charge in [0.1, 0.15) is 5.78 Å². The van der Waals surface area contributed by atoms with Gasteiger partial charge in [0.15, 0.2) is 0 Å². The molecule has 94 valence electrons. The van der Waals surface area contributed by atoms with Crippen LogP contribution < -0.4 is 5.32 Å². The molecule has 1 atom stereocenters. The summed E-state index contributed by atoms with van der Waals surface area (Å²) in [5.41, 5.74) is 0. The topological polar surface area (TPSA) is 32.3 Å². The summed E-state index contributed by atoms with van der Waals surface area (Å²) in [5, 5.41) is 3.50. The molecule has 1 rings (SSSR count). The Morgan fingerprint density at radius 3 is 2.25 bits per heavy atom. The van der Waals surface area contributed by atoms with Crippen molar-refractivity contribution in [3.05, 3.63) is 0 Å². The second-order valence-corrected chi connectivity index (χ2v) is 5.73. The minimum atomic E-state index is 0.144. The van der Waals surface area contributed by atoms with Crippen molar-refractivity contribution in [2.24, 2.45) is 5.92 Å². The van der Waals surface area contributed by atoms with Crippen molar-refractivity contribution < 1.29 is 4.79 Å². The van der Waals surface area contributed by atoms with Gasteiger partial charge < -0.3 is 5.32 Å². The molecule has 16 heavy (non-hydrogen) atoms. The fourth-order valence-electron chi connectivity index (χ4n) is 2.36. The molecule has 1 aliphatic rings. The highest BCUT2D eigenvalue weighted by atomic mass is 16.1. The molecule has 3 nitrogen and oxygen atoms in total. The Kier molecular flexibility index (Phi) is 4.93. The van der Waals surface area contributed by atoms with Crippen molar-refractivity contribution in [2.75, 3.05) is 13.1 Å². The molecule has 0 amide bonds. The first-order valence-electron chi connectivity index (χ1n) is 6.40. The zero-order valence-corrected chi connectivity index (χ0v) is 11.3. The third-order valence-electron chi connectivity index (χ3n) is 3.08. The highest BCUT2D eigenvalue weighted by Crippen LogP contribution is 2.19. The summed E-state index contributed by atoms with van der Waals surface area (Å²) < 4.78 is 0. The molecule has 3 heteroatoms. The Morgan fingerprint density at radius 2 is 1.88 bits per heavy atom. The van der Waals surface area contributed by atoms with Crippen molar-refractivity contribution in [2.45, 2.75) is 59.2 Å². The fraction of sp³-hybridized carbons (Fsp3) is 0.923. The molecule has 0 aromatic rings. The van der Waals surface area contributed by atoms with Gasteiger partial charge in [0.05, 0.1) is 6.04 Å². The van der Waals surface area contributed by atoms with Crippen molar-refractivity contribution >= 4 is 5.78 Å². The number of rotatable bonds is 6. The van der Waals surface area contributed by atoms with Gasteiger partial charge in [0.2, 0.25) is 0 Å². The lowest BCUT2D eigenvalue weighted by Crippen LogP contribution is -2.63. The van der Waals surface area contributed by atoms with Crippen molar-refractivity contribution in [3.63, 3.8) is 0 Å². The average molecular weight is 226 g/mol. The van der Waals surface area contributed by atoms with E-state index in [1.54, 1.807) is 6.92 Å². The Labute approximate surface area is 99.6 Å². The van der Waals surface area contributed by atoms with Crippen LogP contribution in [-0.4, -0.2) is 41.9 Å². The van der Waals surface area contributed by atoms with E-state index in [4.69, 9.17) is 0 Å². The van der Waals surface area contributed by atoms with Crippen LogP contribution in [0.3, 0.4) is 0 Å². The monoisotopic (exact) mass is 226 g/mol. The van der Waals surface area contributed by atoms with E-state index in [1.165, 1.54) is 0 Å². The molecular weight excluding hydrogens is 200 g/mol. The third-order valence-corrected chi connectivity index (χ3v) is 3.08. The van der Waals surface area contributed by atoms with Crippen LogP contribution in [0.15, 0.2) is 0 Å². The number of hydrogen-bond donors (Lipinski definition) is 1. The van der Waals surface area contributed by atoms with Crippen molar-refractivity contribution in [1.29, 1.82) is 0 Å². The van der Waals surface area contributed by atoms with Gasteiger partial charge in [0, 0.05) is 25.2 Å². The van der Waals surface area contributed by atoms with Crippen LogP contribution in [0.1, 0.15) is 41.0 Å². The molecule has 0 aromatic carbocycles. The summed E-state index contributed by atoms with van der Waals surface area (Å²) in [7, 11) is 0. The first-order valence-corrected chi connectivity index (χ1v) is 6.40. The van der Waals surface area contributed by atoms with E-state index >= 15 is 0 Å². The molecule has 1 fully saturated rings. The van der Waals surface area contributed by atoms with Crippen LogP contribution >= 0.6 is 0 Å². The second-order valence-electron chi connectivity index (χ2n) is 5.73. The normalized spacial score (nSPS) is 20.2. The molecule has 0 aliphatic carbocycles. The summed E-state index contributed by atoms with van der Waals surface area (Å²) in [5.74, 6) is 0.905. The standard InChI is InChI=1S/C13H26N2O/c1-9(2)6-13(11(5)16)15-7-12(8-15)14-10(3)4/h9-10,12-14H,6-8H2,1-5H3/t13-/m1/s1. The molecular formula is C13H26N2O. The number of nitrogens with zero attached hydrogens (tertiary/aromatic N) is 1. The van der Waals surface area contributed by atoms with E-state index in [0.717, 1.165) is 19.5 Å². The highest BCUT2D eigenvalue weighted by molar-refractivity contribution is 5.81. The van der Waals surface area contributed by atoms with Crippen molar-refractivity contribution in [1.82, 2.24) is 10.2 Å². The Morgan fingerprint density at radius 1 is 1.31 bits per heavy atom. The van der Waals surface area contributed by atoms with E-state index in [-0.39, 0.29) is 6.04 Å². The SMILES string of the molecule is CC(=O)[C@@H](CC(C)C)N1CC(NC(C)C)C1. The van der Waals surface area contributed by atoms with Crippen LogP contribution in [0.2, 0.25) is 0 Å². The lowest BCUT2D eigenvalue weighted by molar-refractivity contribution is -0.125. The van der Waals surface area contributed by atoms with Crippen LogP contribution in [0, 0.1) is 5.92 Å². The molecule has 0 aromatic heterocycles. The zero-order valence-electron chi connectivity index (χ0n) is 11.3. The third kappa shape index (κ3) is 3.87. The molecule has 0 saturated carbocycles. The molecule has 1 aliphatic heterocycles. The van der Waals surface area contributed by atoms with Crippen LogP contribution in [-0.2, 0) is 4.79 Å². The highest BCUT2D eigenvalue weighted by Gasteiger charge is 2.34. The molecule has 1 heterocycles. The number of carbonyl (C=O) groups excluding carboxylic acids is 1. The number of hydrogen-bond acceptors (Lipinski definition) is 3. The minimum Gasteiger partial charge on any atom is -0.309 e. The van der Waals surface area contributed by atoms with Gasteiger partial charge in [-0.15, -0.1) is 0 Å². The van der Waals surface area contributed by atoms with Crippen molar-refractivity contribution in [3.8, 4) is 0 Å². The summed E-state index contributed by atoms with van der Waals surface area (Å²) in [6.07, 6.45) is 0.990. The van der Waals surface area contributed by atoms with Gasteiger partial charge in [-0.3, -0.25) is 9.69 Å². The molecule has 0 radical (unpaired) electrons. The smallest absolute Gasteiger partial charge is 0.146 e. The Balaban J connectivity index is 2.37. The minimum absolute atomic E-state index is 0.144. The van der Waals surface area contributed by atoms with E-state index in [0.29, 0.717) is 23.8 Å². The van der Waals surface area contributed by atoms with Crippen LogP contribution in [0.5, 0.6) is 0 Å². The summed E-state index contributed by atoms with van der Waals surface area (Å²) >= 11 is 0. The Hall–Kier alpha value is -0.410. The van der Waals surface area contributed by atoms with Gasteiger partial charge in [-0.05, 0) is 19.3 Å². The number of carbonyl (C=O) groups is 1. The number of likely N-dealkylation sites (tertiary alicyclic amines) is 1. The fourth-order valence-corrected chi connectivity index (χ4v) is 2.36. The van der Waals surface area contributed by atoms with E-state index in [9.17, 15) is 4.79 Å². The van der Waals surface area contributed by atoms with E-state index < -0.39 is 0 Å². The first kappa shape index (κ1) is 13.7. The number of ketones is 1. The Bertz CT molecular complexity index is 232. The summed E-state index contributed by atoms with van der Waals surface area (Å²) in [4.78, 5) is 13.9. The molecule has 0 unspecified atom stereocenters. The summed E-state index contributed by atoms with van der Waals surface area (Å²) in [6, 6.07) is 1.26. The number of Topliss-reactive ketones (excluding diaryl/α,β-unsaturated/α-hetero) is 1. The van der Waals surface area contributed by atoms with Gasteiger partial charge in [0.25, 0.3) is 0 Å². The van der Waals surface area contributed by atoms with E-state index in [1.807, 2.05) is 0 Å². The average Bonchev–Trinajstić information content (AvgIpc) is 2.06. The van der Waals surface area contributed by atoms with Crippen LogP contribution in [0.4, 0.5) is 0 Å². The van der Waals surface area contributed by atoms with Gasteiger partial charge in [-0.25, -0.2) is 0 Å². The first-order chi connectivity index (χ1) is 7.40. The lowest BCUT2D eigenvalue weighted by atomic mass is 9.95. The second kappa shape index (κ2) is 5.78. The maximum Gasteiger partial charge on any atom is 0.146 e. The number of nitrogens with one attached hydrogen (secondary N) is 1. The largest absolute Gasteiger partial charge is 0.309 e. The van der Waals surface area contributed by atoms with Crippen LogP contribution in [0.25, 0.3) is 0 Å². The maximum absolute atomic E-state index is 11.6. The van der Waals surface area contributed by atoms with Gasteiger partial charge in [-0.1, -0.05) is 27.7 Å².